The standard InChI is InChI=1S/C18H25NS/c1-6-15-7-8-18(20-15)17(19-5)11-16-13(3)9-12(2)10-14(16)4/h7-10,17,19H,6,11H2,1-5H3. The van der Waals surface area contributed by atoms with Gasteiger partial charge in [0.2, 0.25) is 0 Å². The molecule has 1 atom stereocenters. The van der Waals surface area contributed by atoms with Crippen LogP contribution in [0.2, 0.25) is 0 Å². The van der Waals surface area contributed by atoms with Gasteiger partial charge in [0.25, 0.3) is 0 Å². The zero-order valence-electron chi connectivity index (χ0n) is 13.2. The van der Waals surface area contributed by atoms with Crippen LogP contribution in [0.3, 0.4) is 0 Å². The highest BCUT2D eigenvalue weighted by molar-refractivity contribution is 7.12. The number of aryl methyl sites for hydroxylation is 4. The summed E-state index contributed by atoms with van der Waals surface area (Å²) in [4.78, 5) is 2.92. The molecule has 0 aliphatic rings. The number of hydrogen-bond acceptors (Lipinski definition) is 2. The van der Waals surface area contributed by atoms with Crippen molar-refractivity contribution >= 4 is 11.3 Å². The lowest BCUT2D eigenvalue weighted by Gasteiger charge is -2.18. The number of likely N-dealkylation sites (N-methyl/N-ethyl adjacent to an activating group) is 1. The van der Waals surface area contributed by atoms with Crippen LogP contribution in [0.1, 0.15) is 45.0 Å². The van der Waals surface area contributed by atoms with Gasteiger partial charge in [-0.05, 0) is 69.5 Å². The normalized spacial score (nSPS) is 12.7. The Morgan fingerprint density at radius 2 is 1.75 bits per heavy atom. The van der Waals surface area contributed by atoms with Crippen molar-refractivity contribution < 1.29 is 0 Å². The molecule has 2 heteroatoms. The molecule has 1 nitrogen and oxygen atoms in total. The van der Waals surface area contributed by atoms with Gasteiger partial charge < -0.3 is 5.32 Å². The zero-order chi connectivity index (χ0) is 14.7. The van der Waals surface area contributed by atoms with E-state index in [9.17, 15) is 0 Å². The van der Waals surface area contributed by atoms with Crippen molar-refractivity contribution in [1.29, 1.82) is 0 Å². The van der Waals surface area contributed by atoms with Gasteiger partial charge >= 0.3 is 0 Å². The maximum Gasteiger partial charge on any atom is 0.0453 e. The van der Waals surface area contributed by atoms with Crippen molar-refractivity contribution in [1.82, 2.24) is 5.32 Å². The summed E-state index contributed by atoms with van der Waals surface area (Å²) in [6.45, 7) is 8.85. The zero-order valence-corrected chi connectivity index (χ0v) is 14.0. The first-order valence-corrected chi connectivity index (χ1v) is 8.19. The number of nitrogens with one attached hydrogen (secondary N) is 1. The molecular formula is C18H25NS. The van der Waals surface area contributed by atoms with Crippen molar-refractivity contribution in [3.63, 3.8) is 0 Å². The minimum Gasteiger partial charge on any atom is -0.312 e. The maximum atomic E-state index is 3.48. The van der Waals surface area contributed by atoms with E-state index in [1.807, 2.05) is 11.3 Å². The summed E-state index contributed by atoms with van der Waals surface area (Å²) in [5, 5.41) is 3.48. The van der Waals surface area contributed by atoms with Crippen LogP contribution in [0.25, 0.3) is 0 Å². The summed E-state index contributed by atoms with van der Waals surface area (Å²) >= 11 is 1.94. The summed E-state index contributed by atoms with van der Waals surface area (Å²) in [6, 6.07) is 9.55. The first-order chi connectivity index (χ1) is 9.55. The van der Waals surface area contributed by atoms with Crippen molar-refractivity contribution in [3.05, 3.63) is 56.3 Å². The fraction of sp³-hybridized carbons (Fsp3) is 0.444. The Morgan fingerprint density at radius 1 is 1.10 bits per heavy atom. The van der Waals surface area contributed by atoms with E-state index in [4.69, 9.17) is 0 Å². The Hall–Kier alpha value is -1.12. The molecule has 0 radical (unpaired) electrons. The van der Waals surface area contributed by atoms with Gasteiger partial charge in [0.1, 0.15) is 0 Å². The van der Waals surface area contributed by atoms with Gasteiger partial charge in [-0.3, -0.25) is 0 Å². The monoisotopic (exact) mass is 287 g/mol. The number of benzene rings is 1. The summed E-state index contributed by atoms with van der Waals surface area (Å²) < 4.78 is 0. The lowest BCUT2D eigenvalue weighted by Crippen LogP contribution is -2.18. The fourth-order valence-electron chi connectivity index (χ4n) is 2.85. The molecule has 0 saturated carbocycles. The smallest absolute Gasteiger partial charge is 0.0453 e. The number of thiophene rings is 1. The lowest BCUT2D eigenvalue weighted by molar-refractivity contribution is 0.599. The van der Waals surface area contributed by atoms with Gasteiger partial charge in [-0.15, -0.1) is 11.3 Å². The summed E-state index contributed by atoms with van der Waals surface area (Å²) in [6.07, 6.45) is 2.20. The van der Waals surface area contributed by atoms with Gasteiger partial charge in [-0.1, -0.05) is 24.6 Å². The van der Waals surface area contributed by atoms with E-state index in [1.165, 1.54) is 32.0 Å². The molecule has 1 heterocycles. The molecule has 108 valence electrons. The van der Waals surface area contributed by atoms with Crippen molar-refractivity contribution in [2.45, 2.75) is 46.6 Å². The predicted molar refractivity (Wildman–Crippen MR) is 89.9 cm³/mol. The number of hydrogen-bond donors (Lipinski definition) is 1. The molecule has 1 aromatic carbocycles. The van der Waals surface area contributed by atoms with E-state index < -0.39 is 0 Å². The average molecular weight is 287 g/mol. The van der Waals surface area contributed by atoms with Crippen LogP contribution in [-0.2, 0) is 12.8 Å². The lowest BCUT2D eigenvalue weighted by atomic mass is 9.94. The fourth-order valence-corrected chi connectivity index (χ4v) is 3.92. The molecule has 2 rings (SSSR count). The van der Waals surface area contributed by atoms with E-state index in [0.29, 0.717) is 6.04 Å². The molecule has 1 aromatic heterocycles. The molecule has 2 aromatic rings. The number of rotatable bonds is 5. The van der Waals surface area contributed by atoms with Gasteiger partial charge in [-0.2, -0.15) is 0 Å². The van der Waals surface area contributed by atoms with Gasteiger partial charge in [0.15, 0.2) is 0 Å². The topological polar surface area (TPSA) is 12.0 Å². The van der Waals surface area contributed by atoms with Crippen LogP contribution in [0, 0.1) is 20.8 Å². The highest BCUT2D eigenvalue weighted by Gasteiger charge is 2.15. The van der Waals surface area contributed by atoms with Crippen molar-refractivity contribution in [3.8, 4) is 0 Å². The molecular weight excluding hydrogens is 262 g/mol. The quantitative estimate of drug-likeness (QED) is 0.837. The highest BCUT2D eigenvalue weighted by Crippen LogP contribution is 2.28. The SMILES string of the molecule is CCc1ccc(C(Cc2c(C)cc(C)cc2C)NC)s1. The molecule has 0 spiro atoms. The Bertz CT molecular complexity index is 560. The molecule has 0 aliphatic heterocycles. The Morgan fingerprint density at radius 3 is 2.25 bits per heavy atom. The van der Waals surface area contributed by atoms with Crippen LogP contribution >= 0.6 is 11.3 Å². The van der Waals surface area contributed by atoms with Crippen LogP contribution in [0.15, 0.2) is 24.3 Å². The van der Waals surface area contributed by atoms with E-state index >= 15 is 0 Å². The molecule has 20 heavy (non-hydrogen) atoms. The highest BCUT2D eigenvalue weighted by atomic mass is 32.1. The first-order valence-electron chi connectivity index (χ1n) is 7.37. The van der Waals surface area contributed by atoms with Crippen LogP contribution in [-0.4, -0.2) is 7.05 Å². The second kappa shape index (κ2) is 6.55. The van der Waals surface area contributed by atoms with Gasteiger partial charge in [-0.25, -0.2) is 0 Å². The minimum atomic E-state index is 0.417. The van der Waals surface area contributed by atoms with E-state index in [1.54, 1.807) is 0 Å². The largest absolute Gasteiger partial charge is 0.312 e. The third-order valence-corrected chi connectivity index (χ3v) is 5.31. The van der Waals surface area contributed by atoms with Crippen LogP contribution in [0.5, 0.6) is 0 Å². The molecule has 1 unspecified atom stereocenters. The van der Waals surface area contributed by atoms with E-state index in [2.05, 4.69) is 64.3 Å². The first kappa shape index (κ1) is 15.3. The molecule has 0 amide bonds. The molecule has 0 fully saturated rings. The Kier molecular flexibility index (Phi) is 5.00. The summed E-state index contributed by atoms with van der Waals surface area (Å²) in [5.41, 5.74) is 5.67. The third-order valence-electron chi connectivity index (χ3n) is 3.97. The minimum absolute atomic E-state index is 0.417. The predicted octanol–water partition coefficient (Wildman–Crippen LogP) is 4.74. The van der Waals surface area contributed by atoms with Crippen LogP contribution < -0.4 is 5.32 Å². The molecule has 0 aliphatic carbocycles. The third kappa shape index (κ3) is 3.31. The Labute approximate surface area is 127 Å². The second-order valence-corrected chi connectivity index (χ2v) is 6.78. The molecule has 0 bridgehead atoms. The summed E-state index contributed by atoms with van der Waals surface area (Å²) in [5.74, 6) is 0. The van der Waals surface area contributed by atoms with Gasteiger partial charge in [0, 0.05) is 15.8 Å². The summed E-state index contributed by atoms with van der Waals surface area (Å²) in [7, 11) is 2.06. The van der Waals surface area contributed by atoms with E-state index in [0.717, 1.165) is 12.8 Å². The second-order valence-electron chi connectivity index (χ2n) is 5.58. The Balaban J connectivity index is 2.26. The van der Waals surface area contributed by atoms with Crippen molar-refractivity contribution in [2.24, 2.45) is 0 Å². The molecule has 1 N–H and O–H groups in total. The van der Waals surface area contributed by atoms with Crippen molar-refractivity contribution in [2.75, 3.05) is 7.05 Å². The average Bonchev–Trinajstić information content (AvgIpc) is 2.86. The molecule has 0 saturated heterocycles. The van der Waals surface area contributed by atoms with Gasteiger partial charge in [0.05, 0.1) is 0 Å². The maximum absolute atomic E-state index is 3.48. The van der Waals surface area contributed by atoms with Crippen LogP contribution in [0.4, 0.5) is 0 Å². The van der Waals surface area contributed by atoms with E-state index in [-0.39, 0.29) is 0 Å².